The molecule has 0 amide bonds. The molecule has 0 saturated heterocycles. The summed E-state index contributed by atoms with van der Waals surface area (Å²) < 4.78 is 34.4. The molecule has 0 fully saturated rings. The third kappa shape index (κ3) is 6.19. The number of carbonyl (C=O) groups is 1. The van der Waals surface area contributed by atoms with Gasteiger partial charge in [-0.1, -0.05) is 30.3 Å². The van der Waals surface area contributed by atoms with Crippen LogP contribution in [0.25, 0.3) is 22.3 Å². The van der Waals surface area contributed by atoms with Gasteiger partial charge in [0.2, 0.25) is 0 Å². The van der Waals surface area contributed by atoms with Crippen molar-refractivity contribution in [3.63, 3.8) is 0 Å². The predicted octanol–water partition coefficient (Wildman–Crippen LogP) is 7.20. The van der Waals surface area contributed by atoms with Gasteiger partial charge in [0.05, 0.1) is 34.5 Å². The van der Waals surface area contributed by atoms with Crippen LogP contribution in [0.4, 0.5) is 0 Å². The lowest BCUT2D eigenvalue weighted by Crippen LogP contribution is -2.08. The first kappa shape index (κ1) is 28.6. The minimum atomic E-state index is -0.542. The quantitative estimate of drug-likeness (QED) is 0.125. The Kier molecular flexibility index (Phi) is 8.94. The standard InChI is InChI=1S/C34H32O8/c1-37-25-14-11-22(12-15-25)8-7-17-40-34(36)31-27-18-23(21-35)19-30(39-3)33(27)42-32(31)24-13-16-28(29(20-24)38-2)41-26-9-5-4-6-10-26/h4-6,9-16,18-20,35H,7-8,17,21H2,1-3H3. The highest BCUT2D eigenvalue weighted by molar-refractivity contribution is 6.10. The number of ether oxygens (including phenoxy) is 5. The molecule has 1 aromatic heterocycles. The zero-order chi connectivity index (χ0) is 29.5. The minimum Gasteiger partial charge on any atom is -0.497 e. The molecular formula is C34H32O8. The Bertz CT molecular complexity index is 1660. The Balaban J connectivity index is 1.46. The van der Waals surface area contributed by atoms with Gasteiger partial charge in [0.1, 0.15) is 22.8 Å². The van der Waals surface area contributed by atoms with E-state index in [-0.39, 0.29) is 18.8 Å². The molecule has 0 aliphatic rings. The second-order valence-corrected chi connectivity index (χ2v) is 9.51. The molecule has 8 nitrogen and oxygen atoms in total. The van der Waals surface area contributed by atoms with Gasteiger partial charge in [-0.2, -0.15) is 0 Å². The summed E-state index contributed by atoms with van der Waals surface area (Å²) in [5.41, 5.74) is 2.88. The summed E-state index contributed by atoms with van der Waals surface area (Å²) in [5, 5.41) is 10.3. The topological polar surface area (TPSA) is 96.6 Å². The number of aliphatic hydroxyl groups is 1. The van der Waals surface area contributed by atoms with Crippen LogP contribution < -0.4 is 18.9 Å². The van der Waals surface area contributed by atoms with E-state index in [0.29, 0.717) is 57.3 Å². The average Bonchev–Trinajstić information content (AvgIpc) is 3.43. The lowest BCUT2D eigenvalue weighted by atomic mass is 10.0. The average molecular weight is 569 g/mol. The minimum absolute atomic E-state index is 0.209. The van der Waals surface area contributed by atoms with Crippen molar-refractivity contribution in [3.8, 4) is 40.1 Å². The van der Waals surface area contributed by atoms with E-state index in [1.807, 2.05) is 54.6 Å². The summed E-state index contributed by atoms with van der Waals surface area (Å²) in [5.74, 6) is 2.56. The Morgan fingerprint density at radius 1 is 0.762 bits per heavy atom. The number of esters is 1. The number of hydrogen-bond donors (Lipinski definition) is 1. The van der Waals surface area contributed by atoms with Crippen LogP contribution in [-0.2, 0) is 17.8 Å². The first-order chi connectivity index (χ1) is 20.5. The number of hydrogen-bond acceptors (Lipinski definition) is 8. The van der Waals surface area contributed by atoms with Gasteiger partial charge in [0.25, 0.3) is 0 Å². The molecule has 216 valence electrons. The van der Waals surface area contributed by atoms with Gasteiger partial charge in [0, 0.05) is 10.9 Å². The highest BCUT2D eigenvalue weighted by Crippen LogP contribution is 2.42. The lowest BCUT2D eigenvalue weighted by molar-refractivity contribution is 0.0503. The van der Waals surface area contributed by atoms with Crippen molar-refractivity contribution in [3.05, 3.63) is 102 Å². The van der Waals surface area contributed by atoms with E-state index in [0.717, 1.165) is 17.7 Å². The van der Waals surface area contributed by atoms with Crippen LogP contribution in [0, 0.1) is 0 Å². The van der Waals surface area contributed by atoms with E-state index < -0.39 is 5.97 Å². The Hall–Kier alpha value is -4.95. The van der Waals surface area contributed by atoms with Crippen molar-refractivity contribution in [2.75, 3.05) is 27.9 Å². The normalized spacial score (nSPS) is 10.9. The highest BCUT2D eigenvalue weighted by atomic mass is 16.5. The molecule has 0 aliphatic heterocycles. The largest absolute Gasteiger partial charge is 0.497 e. The van der Waals surface area contributed by atoms with Gasteiger partial charge in [0.15, 0.2) is 22.8 Å². The van der Waals surface area contributed by atoms with E-state index in [1.165, 1.54) is 7.11 Å². The highest BCUT2D eigenvalue weighted by Gasteiger charge is 2.27. The SMILES string of the molecule is COc1ccc(CCCOC(=O)c2c(-c3ccc(Oc4ccccc4)c(OC)c3)oc3c(OC)cc(CO)cc23)cc1. The van der Waals surface area contributed by atoms with E-state index >= 15 is 0 Å². The fourth-order valence-electron chi connectivity index (χ4n) is 4.69. The number of fused-ring (bicyclic) bond motifs is 1. The van der Waals surface area contributed by atoms with Gasteiger partial charge in [-0.15, -0.1) is 0 Å². The number of para-hydroxylation sites is 1. The molecule has 0 unspecified atom stereocenters. The first-order valence-electron chi connectivity index (χ1n) is 13.5. The van der Waals surface area contributed by atoms with Crippen LogP contribution >= 0.6 is 0 Å². The van der Waals surface area contributed by atoms with E-state index in [2.05, 4.69) is 0 Å². The Morgan fingerprint density at radius 3 is 2.21 bits per heavy atom. The molecule has 0 radical (unpaired) electrons. The molecule has 5 rings (SSSR count). The maximum Gasteiger partial charge on any atom is 0.342 e. The molecule has 0 spiro atoms. The molecule has 8 heteroatoms. The maximum absolute atomic E-state index is 13.6. The van der Waals surface area contributed by atoms with Crippen LogP contribution in [0.3, 0.4) is 0 Å². The molecule has 0 atom stereocenters. The second-order valence-electron chi connectivity index (χ2n) is 9.51. The van der Waals surface area contributed by atoms with E-state index in [1.54, 1.807) is 44.6 Å². The number of benzene rings is 4. The lowest BCUT2D eigenvalue weighted by Gasteiger charge is -2.12. The number of aryl methyl sites for hydroxylation is 1. The van der Waals surface area contributed by atoms with Crippen molar-refractivity contribution in [2.24, 2.45) is 0 Å². The molecule has 0 saturated carbocycles. The first-order valence-corrected chi connectivity index (χ1v) is 13.5. The van der Waals surface area contributed by atoms with E-state index in [4.69, 9.17) is 28.1 Å². The third-order valence-corrected chi connectivity index (χ3v) is 6.82. The summed E-state index contributed by atoms with van der Waals surface area (Å²) in [6, 6.07) is 25.8. The molecule has 0 aliphatic carbocycles. The van der Waals surface area contributed by atoms with Gasteiger partial charge in [-0.05, 0) is 78.6 Å². The number of aliphatic hydroxyl groups excluding tert-OH is 1. The number of methoxy groups -OCH3 is 3. The fraction of sp³-hybridized carbons (Fsp3) is 0.206. The number of carbonyl (C=O) groups excluding carboxylic acids is 1. The second kappa shape index (κ2) is 13.1. The summed E-state index contributed by atoms with van der Waals surface area (Å²) in [7, 11) is 4.68. The monoisotopic (exact) mass is 568 g/mol. The molecule has 4 aromatic carbocycles. The van der Waals surface area contributed by atoms with Gasteiger partial charge < -0.3 is 33.2 Å². The van der Waals surface area contributed by atoms with Crippen LogP contribution in [0.15, 0.2) is 89.3 Å². The smallest absolute Gasteiger partial charge is 0.342 e. The Labute approximate surface area is 244 Å². The van der Waals surface area contributed by atoms with Crippen molar-refractivity contribution < 1.29 is 38.0 Å². The molecule has 42 heavy (non-hydrogen) atoms. The van der Waals surface area contributed by atoms with Crippen molar-refractivity contribution in [2.45, 2.75) is 19.4 Å². The summed E-state index contributed by atoms with van der Waals surface area (Å²) in [6.45, 7) is -0.0243. The molecule has 1 heterocycles. The summed E-state index contributed by atoms with van der Waals surface area (Å²) in [4.78, 5) is 13.6. The number of rotatable bonds is 12. The van der Waals surface area contributed by atoms with Crippen LogP contribution in [0.1, 0.15) is 27.9 Å². The zero-order valence-corrected chi connectivity index (χ0v) is 23.7. The number of furan rings is 1. The molecule has 1 N–H and O–H groups in total. The van der Waals surface area contributed by atoms with Crippen molar-refractivity contribution >= 4 is 16.9 Å². The van der Waals surface area contributed by atoms with Crippen molar-refractivity contribution in [1.29, 1.82) is 0 Å². The van der Waals surface area contributed by atoms with Crippen LogP contribution in [-0.4, -0.2) is 39.0 Å². The fourth-order valence-corrected chi connectivity index (χ4v) is 4.69. The van der Waals surface area contributed by atoms with Crippen LogP contribution in [0.2, 0.25) is 0 Å². The van der Waals surface area contributed by atoms with Crippen molar-refractivity contribution in [1.82, 2.24) is 0 Å². The molecule has 5 aromatic rings. The van der Waals surface area contributed by atoms with E-state index in [9.17, 15) is 9.90 Å². The molecular weight excluding hydrogens is 536 g/mol. The summed E-state index contributed by atoms with van der Waals surface area (Å²) in [6.07, 6.45) is 1.37. The molecule has 0 bridgehead atoms. The Morgan fingerprint density at radius 2 is 1.52 bits per heavy atom. The third-order valence-electron chi connectivity index (χ3n) is 6.82. The van der Waals surface area contributed by atoms with Gasteiger partial charge in [-0.3, -0.25) is 0 Å². The van der Waals surface area contributed by atoms with Gasteiger partial charge in [-0.25, -0.2) is 4.79 Å². The zero-order valence-electron chi connectivity index (χ0n) is 23.7. The maximum atomic E-state index is 13.6. The predicted molar refractivity (Wildman–Crippen MR) is 159 cm³/mol. The van der Waals surface area contributed by atoms with Gasteiger partial charge >= 0.3 is 5.97 Å². The summed E-state index contributed by atoms with van der Waals surface area (Å²) >= 11 is 0. The van der Waals surface area contributed by atoms with Crippen LogP contribution in [0.5, 0.6) is 28.7 Å².